The molecule has 0 radical (unpaired) electrons. The first-order valence-corrected chi connectivity index (χ1v) is 3.51. The molecule has 3 heteroatoms. The minimum atomic E-state index is -0.708. The number of rotatable bonds is 3. The second-order valence-corrected chi connectivity index (χ2v) is 2.29. The molecule has 0 spiro atoms. The molecule has 0 bridgehead atoms. The summed E-state index contributed by atoms with van der Waals surface area (Å²) < 4.78 is 0. The van der Waals surface area contributed by atoms with Gasteiger partial charge in [0.25, 0.3) is 0 Å². The van der Waals surface area contributed by atoms with Crippen molar-refractivity contribution >= 4 is 0 Å². The van der Waals surface area contributed by atoms with Gasteiger partial charge in [-0.15, -0.1) is 26.3 Å². The van der Waals surface area contributed by atoms with Crippen LogP contribution in [0.1, 0.15) is 6.92 Å². The molecule has 0 saturated heterocycles. The van der Waals surface area contributed by atoms with Crippen molar-refractivity contribution in [2.75, 3.05) is 19.8 Å². The number of hydrogen-bond donors (Lipinski definition) is 3. The van der Waals surface area contributed by atoms with Crippen LogP contribution in [0.4, 0.5) is 0 Å². The Morgan fingerprint density at radius 1 is 0.833 bits per heavy atom. The van der Waals surface area contributed by atoms with Crippen LogP contribution < -0.4 is 0 Å². The Morgan fingerprint density at radius 2 is 1.00 bits per heavy atom. The molecule has 0 amide bonds. The van der Waals surface area contributed by atoms with Crippen molar-refractivity contribution in [3.05, 3.63) is 26.3 Å². The molecule has 0 fully saturated rings. The minimum absolute atomic E-state index is 0.181. The SMILES string of the molecule is C=C.C=C.CC(CO)(CO)CO. The van der Waals surface area contributed by atoms with Gasteiger partial charge in [0, 0.05) is 5.41 Å². The Hall–Kier alpha value is -0.640. The fourth-order valence-corrected chi connectivity index (χ4v) is 0.150. The van der Waals surface area contributed by atoms with Crippen LogP contribution in [0.3, 0.4) is 0 Å². The van der Waals surface area contributed by atoms with E-state index < -0.39 is 5.41 Å². The molecule has 74 valence electrons. The van der Waals surface area contributed by atoms with Crippen LogP contribution in [0.15, 0.2) is 26.3 Å². The summed E-state index contributed by atoms with van der Waals surface area (Å²) in [6, 6.07) is 0. The van der Waals surface area contributed by atoms with Gasteiger partial charge < -0.3 is 15.3 Å². The third kappa shape index (κ3) is 9.36. The lowest BCUT2D eigenvalue weighted by Gasteiger charge is -2.20. The maximum Gasteiger partial charge on any atom is 0.0528 e. The van der Waals surface area contributed by atoms with E-state index in [1.54, 1.807) is 6.92 Å². The van der Waals surface area contributed by atoms with Crippen LogP contribution in [0.5, 0.6) is 0 Å². The quantitative estimate of drug-likeness (QED) is 0.551. The van der Waals surface area contributed by atoms with E-state index in [2.05, 4.69) is 26.3 Å². The highest BCUT2D eigenvalue weighted by Gasteiger charge is 2.20. The highest BCUT2D eigenvalue weighted by atomic mass is 16.3. The Kier molecular flexibility index (Phi) is 18.9. The standard InChI is InChI=1S/C5H12O3.2C2H4/c1-5(2-6,3-7)4-8;2*1-2/h6-8H,2-4H2,1H3;2*1-2H2. The molecular weight excluding hydrogens is 156 g/mol. The summed E-state index contributed by atoms with van der Waals surface area (Å²) in [6.45, 7) is 13.1. The Bertz CT molecular complexity index is 69.6. The summed E-state index contributed by atoms with van der Waals surface area (Å²) >= 11 is 0. The molecule has 0 rings (SSSR count). The second kappa shape index (κ2) is 13.0. The molecule has 0 aromatic carbocycles. The second-order valence-electron chi connectivity index (χ2n) is 2.29. The average molecular weight is 176 g/mol. The highest BCUT2D eigenvalue weighted by Crippen LogP contribution is 2.10. The van der Waals surface area contributed by atoms with Crippen molar-refractivity contribution in [3.63, 3.8) is 0 Å². The van der Waals surface area contributed by atoms with Crippen molar-refractivity contribution in [3.8, 4) is 0 Å². The van der Waals surface area contributed by atoms with Gasteiger partial charge in [-0.25, -0.2) is 0 Å². The lowest BCUT2D eigenvalue weighted by Crippen LogP contribution is -2.29. The third-order valence-corrected chi connectivity index (χ3v) is 1.15. The molecule has 0 unspecified atom stereocenters. The third-order valence-electron chi connectivity index (χ3n) is 1.15. The van der Waals surface area contributed by atoms with Gasteiger partial charge in [0.1, 0.15) is 0 Å². The van der Waals surface area contributed by atoms with Gasteiger partial charge in [-0.2, -0.15) is 0 Å². The predicted octanol–water partition coefficient (Wildman–Crippen LogP) is 0.574. The summed E-state index contributed by atoms with van der Waals surface area (Å²) in [5.41, 5.74) is -0.708. The van der Waals surface area contributed by atoms with Gasteiger partial charge in [-0.1, -0.05) is 6.92 Å². The van der Waals surface area contributed by atoms with Gasteiger partial charge in [0.15, 0.2) is 0 Å². The maximum absolute atomic E-state index is 8.47. The maximum atomic E-state index is 8.47. The molecule has 0 aromatic heterocycles. The van der Waals surface area contributed by atoms with E-state index in [0.717, 1.165) is 0 Å². The topological polar surface area (TPSA) is 60.7 Å². The fraction of sp³-hybridized carbons (Fsp3) is 0.556. The highest BCUT2D eigenvalue weighted by molar-refractivity contribution is 4.69. The molecular formula is C9H20O3. The first-order chi connectivity index (χ1) is 5.68. The van der Waals surface area contributed by atoms with E-state index in [0.29, 0.717) is 0 Å². The smallest absolute Gasteiger partial charge is 0.0528 e. The molecule has 0 saturated carbocycles. The number of aliphatic hydroxyl groups is 3. The summed E-state index contributed by atoms with van der Waals surface area (Å²) in [4.78, 5) is 0. The van der Waals surface area contributed by atoms with Gasteiger partial charge in [-0.3, -0.25) is 0 Å². The largest absolute Gasteiger partial charge is 0.396 e. The van der Waals surface area contributed by atoms with E-state index in [1.165, 1.54) is 0 Å². The average Bonchev–Trinajstić information content (AvgIpc) is 2.22. The molecule has 0 aliphatic carbocycles. The molecule has 0 aliphatic rings. The summed E-state index contributed by atoms with van der Waals surface area (Å²) in [7, 11) is 0. The van der Waals surface area contributed by atoms with Crippen molar-refractivity contribution in [2.45, 2.75) is 6.92 Å². The Balaban J connectivity index is -0.000000175. The van der Waals surface area contributed by atoms with Gasteiger partial charge >= 0.3 is 0 Å². The van der Waals surface area contributed by atoms with Crippen LogP contribution in [0, 0.1) is 5.41 Å². The predicted molar refractivity (Wildman–Crippen MR) is 51.9 cm³/mol. The van der Waals surface area contributed by atoms with E-state index in [9.17, 15) is 0 Å². The van der Waals surface area contributed by atoms with Crippen molar-refractivity contribution < 1.29 is 15.3 Å². The van der Waals surface area contributed by atoms with Gasteiger partial charge in [0.2, 0.25) is 0 Å². The molecule has 12 heavy (non-hydrogen) atoms. The van der Waals surface area contributed by atoms with Gasteiger partial charge in [0.05, 0.1) is 19.8 Å². The Morgan fingerprint density at radius 3 is 1.00 bits per heavy atom. The first kappa shape index (κ1) is 17.4. The van der Waals surface area contributed by atoms with Crippen LogP contribution in [0.2, 0.25) is 0 Å². The normalized spacial score (nSPS) is 8.67. The van der Waals surface area contributed by atoms with Crippen LogP contribution in [-0.4, -0.2) is 35.1 Å². The van der Waals surface area contributed by atoms with Crippen molar-refractivity contribution in [1.82, 2.24) is 0 Å². The van der Waals surface area contributed by atoms with E-state index >= 15 is 0 Å². The molecule has 0 aromatic rings. The van der Waals surface area contributed by atoms with Gasteiger partial charge in [-0.05, 0) is 0 Å². The summed E-state index contributed by atoms with van der Waals surface area (Å²) in [5, 5.41) is 25.4. The first-order valence-electron chi connectivity index (χ1n) is 3.51. The van der Waals surface area contributed by atoms with Crippen LogP contribution in [-0.2, 0) is 0 Å². The molecule has 3 N–H and O–H groups in total. The molecule has 0 atom stereocenters. The zero-order valence-corrected chi connectivity index (χ0v) is 7.79. The molecule has 3 nitrogen and oxygen atoms in total. The van der Waals surface area contributed by atoms with Crippen LogP contribution >= 0.6 is 0 Å². The zero-order chi connectivity index (χ0) is 10.6. The number of aliphatic hydroxyl groups excluding tert-OH is 3. The van der Waals surface area contributed by atoms with Crippen molar-refractivity contribution in [1.29, 1.82) is 0 Å². The van der Waals surface area contributed by atoms with E-state index in [-0.39, 0.29) is 19.8 Å². The zero-order valence-electron chi connectivity index (χ0n) is 7.79. The number of hydrogen-bond acceptors (Lipinski definition) is 3. The lowest BCUT2D eigenvalue weighted by molar-refractivity contribution is 0.0200. The summed E-state index contributed by atoms with van der Waals surface area (Å²) in [6.07, 6.45) is 0. The van der Waals surface area contributed by atoms with E-state index in [1.807, 2.05) is 0 Å². The fourth-order valence-electron chi connectivity index (χ4n) is 0.150. The van der Waals surface area contributed by atoms with Crippen molar-refractivity contribution in [2.24, 2.45) is 5.41 Å². The van der Waals surface area contributed by atoms with Crippen LogP contribution in [0.25, 0.3) is 0 Å². The molecule has 0 heterocycles. The summed E-state index contributed by atoms with van der Waals surface area (Å²) in [5.74, 6) is 0. The lowest BCUT2D eigenvalue weighted by atomic mass is 9.95. The minimum Gasteiger partial charge on any atom is -0.396 e. The molecule has 0 aliphatic heterocycles. The Labute approximate surface area is 74.7 Å². The monoisotopic (exact) mass is 176 g/mol. The van der Waals surface area contributed by atoms with E-state index in [4.69, 9.17) is 15.3 Å².